The topological polar surface area (TPSA) is 70.5 Å². The molecule has 28 heavy (non-hydrogen) atoms. The monoisotopic (exact) mass is 368 g/mol. The van der Waals surface area contributed by atoms with Crippen molar-refractivity contribution in [3.8, 4) is 0 Å². The van der Waals surface area contributed by atoms with Crippen LogP contribution in [0, 0.1) is 0 Å². The van der Waals surface area contributed by atoms with Crippen LogP contribution in [0.3, 0.4) is 0 Å². The highest BCUT2D eigenvalue weighted by Crippen LogP contribution is 2.36. The van der Waals surface area contributed by atoms with Crippen molar-refractivity contribution in [2.24, 2.45) is 15.2 Å². The number of hydrogen-bond donors (Lipinski definition) is 0. The maximum atomic E-state index is 12.4. The molecule has 4 aromatic rings. The second-order valence-electron chi connectivity index (χ2n) is 6.54. The first-order valence-electron chi connectivity index (χ1n) is 8.97. The molecule has 0 saturated heterocycles. The molecule has 0 spiro atoms. The Kier molecular flexibility index (Phi) is 3.76. The largest absolute Gasteiger partial charge is 0.456 e. The Hall–Kier alpha value is -3.80. The predicted molar refractivity (Wildman–Crippen MR) is 109 cm³/mol. The molecule has 0 fully saturated rings. The van der Waals surface area contributed by atoms with E-state index in [1.165, 1.54) is 0 Å². The Morgan fingerprint density at radius 3 is 2.54 bits per heavy atom. The van der Waals surface area contributed by atoms with E-state index >= 15 is 0 Å². The second kappa shape index (κ2) is 6.42. The van der Waals surface area contributed by atoms with Gasteiger partial charge in [0.25, 0.3) is 5.91 Å². The first kappa shape index (κ1) is 16.4. The molecule has 2 heterocycles. The molecule has 0 saturated carbocycles. The van der Waals surface area contributed by atoms with E-state index in [1.54, 1.807) is 11.8 Å². The van der Waals surface area contributed by atoms with Crippen molar-refractivity contribution in [2.45, 2.75) is 13.1 Å². The summed E-state index contributed by atoms with van der Waals surface area (Å²) in [4.78, 5) is 18.3. The lowest BCUT2D eigenvalue weighted by Gasteiger charge is -2.21. The van der Waals surface area contributed by atoms with Crippen LogP contribution in [0.25, 0.3) is 21.9 Å². The minimum atomic E-state index is -0.809. The van der Waals surface area contributed by atoms with E-state index in [0.29, 0.717) is 11.5 Å². The molecule has 0 unspecified atom stereocenters. The number of azo groups is 1. The number of anilines is 1. The molecule has 1 aliphatic rings. The highest BCUT2D eigenvalue weighted by Gasteiger charge is 2.34. The van der Waals surface area contributed by atoms with E-state index in [0.717, 1.165) is 27.6 Å². The normalized spacial score (nSPS) is 17.2. The fraction of sp³-hybridized carbons (Fsp3) is 0.0909. The minimum Gasteiger partial charge on any atom is -0.456 e. The Balaban J connectivity index is 1.58. The summed E-state index contributed by atoms with van der Waals surface area (Å²) in [6.07, 6.45) is -0.809. The lowest BCUT2D eigenvalue weighted by atomic mass is 10.1. The maximum Gasteiger partial charge on any atom is 0.295 e. The van der Waals surface area contributed by atoms with Crippen LogP contribution in [-0.2, 0) is 4.79 Å². The number of para-hydroxylation sites is 2. The first-order chi connectivity index (χ1) is 13.7. The third kappa shape index (κ3) is 2.58. The van der Waals surface area contributed by atoms with Crippen molar-refractivity contribution in [3.63, 3.8) is 0 Å². The van der Waals surface area contributed by atoms with Gasteiger partial charge < -0.3 is 4.42 Å². The molecular weight excluding hydrogens is 352 g/mol. The predicted octanol–water partition coefficient (Wildman–Crippen LogP) is 5.46. The third-order valence-electron chi connectivity index (χ3n) is 4.78. The van der Waals surface area contributed by atoms with Gasteiger partial charge in [-0.25, -0.2) is 0 Å². The smallest absolute Gasteiger partial charge is 0.295 e. The molecule has 0 N–H and O–H groups in total. The number of rotatable bonds is 3. The Morgan fingerprint density at radius 2 is 1.68 bits per heavy atom. The van der Waals surface area contributed by atoms with Gasteiger partial charge in [0.2, 0.25) is 6.17 Å². The standard InChI is InChI=1S/C22H16N4O2/c1-14-23-22(27)21(26(14)15-8-3-2-4-9-15)25-24-17-11-7-13-19-20(17)16-10-5-6-12-18(16)28-19/h2-13,21H,1H3/t21-/m0/s1. The minimum absolute atomic E-state index is 0.325. The molecule has 1 aliphatic heterocycles. The van der Waals surface area contributed by atoms with Crippen LogP contribution >= 0.6 is 0 Å². The Bertz CT molecular complexity index is 1260. The van der Waals surface area contributed by atoms with E-state index in [4.69, 9.17) is 4.42 Å². The van der Waals surface area contributed by atoms with Gasteiger partial charge in [-0.05, 0) is 37.3 Å². The van der Waals surface area contributed by atoms with Gasteiger partial charge >= 0.3 is 0 Å². The van der Waals surface area contributed by atoms with Crippen molar-refractivity contribution in [1.29, 1.82) is 0 Å². The number of hydrogen-bond acceptors (Lipinski definition) is 5. The van der Waals surface area contributed by atoms with Gasteiger partial charge in [0, 0.05) is 11.1 Å². The molecule has 1 aromatic heterocycles. The van der Waals surface area contributed by atoms with Gasteiger partial charge in [-0.3, -0.25) is 9.69 Å². The van der Waals surface area contributed by atoms with Crippen molar-refractivity contribution in [3.05, 3.63) is 72.8 Å². The molecule has 0 bridgehead atoms. The number of benzene rings is 3. The maximum absolute atomic E-state index is 12.4. The highest BCUT2D eigenvalue weighted by atomic mass is 16.3. The Labute approximate surface area is 160 Å². The lowest BCUT2D eigenvalue weighted by Crippen LogP contribution is -2.35. The average Bonchev–Trinajstić information content (AvgIpc) is 3.23. The summed E-state index contributed by atoms with van der Waals surface area (Å²) in [6.45, 7) is 1.80. The Morgan fingerprint density at radius 1 is 0.929 bits per heavy atom. The number of amides is 1. The summed E-state index contributed by atoms with van der Waals surface area (Å²) in [5.41, 5.74) is 3.04. The molecule has 0 aliphatic carbocycles. The van der Waals surface area contributed by atoms with E-state index < -0.39 is 6.17 Å². The summed E-state index contributed by atoms with van der Waals surface area (Å²) in [5, 5.41) is 10.6. The summed E-state index contributed by atoms with van der Waals surface area (Å²) in [7, 11) is 0. The number of fused-ring (bicyclic) bond motifs is 3. The van der Waals surface area contributed by atoms with E-state index in [1.807, 2.05) is 72.8 Å². The number of amidine groups is 1. The third-order valence-corrected chi connectivity index (χ3v) is 4.78. The number of nitrogens with zero attached hydrogens (tertiary/aromatic N) is 4. The number of furan rings is 1. The van der Waals surface area contributed by atoms with E-state index in [2.05, 4.69) is 15.2 Å². The fourth-order valence-electron chi connectivity index (χ4n) is 3.53. The van der Waals surface area contributed by atoms with Crippen LogP contribution in [0.2, 0.25) is 0 Å². The van der Waals surface area contributed by atoms with E-state index in [9.17, 15) is 4.79 Å². The highest BCUT2D eigenvalue weighted by molar-refractivity contribution is 6.13. The number of carbonyl (C=O) groups is 1. The zero-order valence-corrected chi connectivity index (χ0v) is 15.1. The summed E-state index contributed by atoms with van der Waals surface area (Å²) in [6, 6.07) is 23.0. The zero-order valence-electron chi connectivity index (χ0n) is 15.1. The second-order valence-corrected chi connectivity index (χ2v) is 6.54. The van der Waals surface area contributed by atoms with Crippen LogP contribution in [0.15, 0.2) is 92.4 Å². The summed E-state index contributed by atoms with van der Waals surface area (Å²) in [5.74, 6) is 0.279. The SMILES string of the molecule is CC1=NC(=O)[C@@H](N=Nc2cccc3oc4ccccc4c23)N1c1ccccc1. The fourth-order valence-corrected chi connectivity index (χ4v) is 3.53. The van der Waals surface area contributed by atoms with Crippen LogP contribution in [-0.4, -0.2) is 17.9 Å². The first-order valence-corrected chi connectivity index (χ1v) is 8.97. The van der Waals surface area contributed by atoms with Gasteiger partial charge in [-0.1, -0.05) is 42.5 Å². The molecule has 1 atom stereocenters. The molecular formula is C22H16N4O2. The summed E-state index contributed by atoms with van der Waals surface area (Å²) >= 11 is 0. The quantitative estimate of drug-likeness (QED) is 0.451. The van der Waals surface area contributed by atoms with E-state index in [-0.39, 0.29) is 5.91 Å². The van der Waals surface area contributed by atoms with Gasteiger partial charge in [0.1, 0.15) is 17.0 Å². The van der Waals surface area contributed by atoms with Gasteiger partial charge in [0.15, 0.2) is 0 Å². The zero-order chi connectivity index (χ0) is 19.1. The molecule has 3 aromatic carbocycles. The average molecular weight is 368 g/mol. The van der Waals surface area contributed by atoms with Crippen molar-refractivity contribution in [1.82, 2.24) is 0 Å². The molecule has 5 rings (SSSR count). The van der Waals surface area contributed by atoms with Crippen LogP contribution in [0.1, 0.15) is 6.92 Å². The van der Waals surface area contributed by atoms with Gasteiger partial charge in [-0.15, -0.1) is 0 Å². The molecule has 0 radical (unpaired) electrons. The lowest BCUT2D eigenvalue weighted by molar-refractivity contribution is -0.118. The van der Waals surface area contributed by atoms with Gasteiger partial charge in [0.05, 0.1) is 11.1 Å². The van der Waals surface area contributed by atoms with Crippen LogP contribution in [0.5, 0.6) is 0 Å². The van der Waals surface area contributed by atoms with Crippen LogP contribution in [0.4, 0.5) is 11.4 Å². The van der Waals surface area contributed by atoms with Crippen molar-refractivity contribution in [2.75, 3.05) is 4.90 Å². The number of aliphatic imine (C=N–C) groups is 1. The molecule has 136 valence electrons. The van der Waals surface area contributed by atoms with Crippen molar-refractivity contribution < 1.29 is 9.21 Å². The molecule has 6 heteroatoms. The summed E-state index contributed by atoms with van der Waals surface area (Å²) < 4.78 is 5.89. The van der Waals surface area contributed by atoms with Crippen LogP contribution < -0.4 is 4.90 Å². The van der Waals surface area contributed by atoms with Gasteiger partial charge in [-0.2, -0.15) is 15.2 Å². The number of carbonyl (C=O) groups excluding carboxylic acids is 1. The molecule has 6 nitrogen and oxygen atoms in total. The van der Waals surface area contributed by atoms with Crippen molar-refractivity contribution >= 4 is 45.1 Å². The molecule has 1 amide bonds.